The Morgan fingerprint density at radius 1 is 1.17 bits per heavy atom. The van der Waals surface area contributed by atoms with E-state index in [1.165, 1.54) is 0 Å². The van der Waals surface area contributed by atoms with Crippen molar-refractivity contribution in [1.29, 1.82) is 0 Å². The lowest BCUT2D eigenvalue weighted by Gasteiger charge is -2.39. The third-order valence-corrected chi connectivity index (χ3v) is 6.55. The van der Waals surface area contributed by atoms with E-state index in [0.29, 0.717) is 11.8 Å². The fraction of sp³-hybridized carbons (Fsp3) is 0.500. The topological polar surface area (TPSA) is 90.6 Å². The largest absolute Gasteiger partial charge is 0.383 e. The number of aromatic amines is 1. The standard InChI is InChI=1S/C24H33N5O3S.C2H6/c1-4-25-22-7-6-12-26-24(22)29(5-2)20-10-13-28(14-11-20)17-19-15-18-8-9-21(16-23(18)27-19)32-33(3,30)31;1-2/h6-9,12,15-16,20,25,27H,4-5,10-11,13-14,17H2,1-3H3;1-2H3. The van der Waals surface area contributed by atoms with Crippen LogP contribution in [0.3, 0.4) is 0 Å². The van der Waals surface area contributed by atoms with Crippen LogP contribution >= 0.6 is 0 Å². The first-order valence-corrected chi connectivity index (χ1v) is 14.4. The summed E-state index contributed by atoms with van der Waals surface area (Å²) in [5, 5.41) is 4.48. The molecule has 8 nitrogen and oxygen atoms in total. The first-order valence-electron chi connectivity index (χ1n) is 12.5. The second-order valence-electron chi connectivity index (χ2n) is 8.53. The molecule has 1 aliphatic heterocycles. The number of likely N-dealkylation sites (tertiary alicyclic amines) is 1. The zero-order valence-corrected chi connectivity index (χ0v) is 22.4. The van der Waals surface area contributed by atoms with Gasteiger partial charge in [-0.15, -0.1) is 0 Å². The molecule has 0 saturated carbocycles. The predicted molar refractivity (Wildman–Crippen MR) is 145 cm³/mol. The van der Waals surface area contributed by atoms with Gasteiger partial charge in [0.2, 0.25) is 0 Å². The molecule has 9 heteroatoms. The average Bonchev–Trinajstić information content (AvgIpc) is 3.23. The van der Waals surface area contributed by atoms with Crippen LogP contribution in [-0.2, 0) is 16.7 Å². The zero-order chi connectivity index (χ0) is 25.4. The molecule has 0 spiro atoms. The molecule has 0 aliphatic carbocycles. The van der Waals surface area contributed by atoms with Gasteiger partial charge in [0.05, 0.1) is 11.9 Å². The number of hydrogen-bond donors (Lipinski definition) is 2. The Morgan fingerprint density at radius 2 is 1.91 bits per heavy atom. The van der Waals surface area contributed by atoms with Crippen LogP contribution in [0.25, 0.3) is 10.9 Å². The third-order valence-electron chi connectivity index (χ3n) is 6.06. The molecule has 0 atom stereocenters. The maximum atomic E-state index is 11.4. The first-order chi connectivity index (χ1) is 16.9. The van der Waals surface area contributed by atoms with Crippen molar-refractivity contribution in [3.05, 3.63) is 48.3 Å². The van der Waals surface area contributed by atoms with E-state index in [-0.39, 0.29) is 0 Å². The van der Waals surface area contributed by atoms with Gasteiger partial charge < -0.3 is 19.4 Å². The molecule has 192 valence electrons. The lowest BCUT2D eigenvalue weighted by molar-refractivity contribution is 0.200. The van der Waals surface area contributed by atoms with Crippen molar-refractivity contribution in [2.75, 3.05) is 42.7 Å². The fourth-order valence-corrected chi connectivity index (χ4v) is 5.10. The van der Waals surface area contributed by atoms with Gasteiger partial charge in [0.1, 0.15) is 5.75 Å². The van der Waals surface area contributed by atoms with Gasteiger partial charge in [0.25, 0.3) is 0 Å². The summed E-state index contributed by atoms with van der Waals surface area (Å²) in [7, 11) is -3.54. The van der Waals surface area contributed by atoms with Crippen LogP contribution in [0.2, 0.25) is 0 Å². The number of anilines is 2. The van der Waals surface area contributed by atoms with Crippen molar-refractivity contribution in [1.82, 2.24) is 14.9 Å². The van der Waals surface area contributed by atoms with Crippen molar-refractivity contribution in [2.24, 2.45) is 0 Å². The second-order valence-corrected chi connectivity index (χ2v) is 10.1. The van der Waals surface area contributed by atoms with E-state index in [2.05, 4.69) is 51.1 Å². The Morgan fingerprint density at radius 3 is 2.57 bits per heavy atom. The average molecular weight is 502 g/mol. The number of nitrogens with one attached hydrogen (secondary N) is 2. The molecule has 2 N–H and O–H groups in total. The molecule has 1 aromatic carbocycles. The van der Waals surface area contributed by atoms with E-state index < -0.39 is 10.1 Å². The summed E-state index contributed by atoms with van der Waals surface area (Å²) >= 11 is 0. The number of nitrogens with zero attached hydrogens (tertiary/aromatic N) is 3. The molecule has 1 fully saturated rings. The molecule has 4 rings (SSSR count). The molecular formula is C26H39N5O3S. The predicted octanol–water partition coefficient (Wildman–Crippen LogP) is 4.85. The number of piperidine rings is 1. The minimum atomic E-state index is -3.54. The van der Waals surface area contributed by atoms with E-state index in [0.717, 1.165) is 79.9 Å². The number of H-pyrrole nitrogens is 1. The smallest absolute Gasteiger partial charge is 0.306 e. The van der Waals surface area contributed by atoms with Gasteiger partial charge in [-0.05, 0) is 62.4 Å². The summed E-state index contributed by atoms with van der Waals surface area (Å²) in [5.74, 6) is 1.37. The highest BCUT2D eigenvalue weighted by atomic mass is 32.2. The third kappa shape index (κ3) is 7.11. The maximum absolute atomic E-state index is 11.4. The number of benzene rings is 1. The van der Waals surface area contributed by atoms with Crippen LogP contribution in [0.15, 0.2) is 42.6 Å². The van der Waals surface area contributed by atoms with E-state index in [4.69, 9.17) is 4.18 Å². The van der Waals surface area contributed by atoms with Crippen LogP contribution in [0.1, 0.15) is 46.2 Å². The Balaban J connectivity index is 0.00000167. The summed E-state index contributed by atoms with van der Waals surface area (Å²) < 4.78 is 27.8. The Kier molecular flexibility index (Phi) is 9.40. The molecule has 0 radical (unpaired) electrons. The van der Waals surface area contributed by atoms with Crippen LogP contribution in [0.4, 0.5) is 11.5 Å². The number of hydrogen-bond acceptors (Lipinski definition) is 7. The van der Waals surface area contributed by atoms with Gasteiger partial charge in [-0.2, -0.15) is 8.42 Å². The molecular weight excluding hydrogens is 462 g/mol. The Bertz CT molecular complexity index is 1190. The molecule has 1 saturated heterocycles. The summed E-state index contributed by atoms with van der Waals surface area (Å²) in [4.78, 5) is 13.0. The quantitative estimate of drug-likeness (QED) is 0.405. The number of aromatic nitrogens is 2. The summed E-state index contributed by atoms with van der Waals surface area (Å²) in [5.41, 5.74) is 3.09. The van der Waals surface area contributed by atoms with Gasteiger partial charge in [0, 0.05) is 62.2 Å². The van der Waals surface area contributed by atoms with Gasteiger partial charge in [-0.25, -0.2) is 4.98 Å². The SMILES string of the molecule is CC.CCNc1cccnc1N(CC)C1CCN(Cc2cc3ccc(OS(C)(=O)=O)cc3[nH]2)CC1. The van der Waals surface area contributed by atoms with Crippen molar-refractivity contribution < 1.29 is 12.6 Å². The summed E-state index contributed by atoms with van der Waals surface area (Å²) in [6, 6.07) is 12.0. The summed E-state index contributed by atoms with van der Waals surface area (Å²) in [6.07, 6.45) is 5.09. The number of rotatable bonds is 9. The number of pyridine rings is 1. The molecule has 35 heavy (non-hydrogen) atoms. The van der Waals surface area contributed by atoms with E-state index in [9.17, 15) is 8.42 Å². The molecule has 0 amide bonds. The highest BCUT2D eigenvalue weighted by Crippen LogP contribution is 2.29. The Hall–Kier alpha value is -2.78. The highest BCUT2D eigenvalue weighted by Gasteiger charge is 2.26. The second kappa shape index (κ2) is 12.3. The monoisotopic (exact) mass is 501 g/mol. The molecule has 0 bridgehead atoms. The first kappa shape index (κ1) is 26.8. The van der Waals surface area contributed by atoms with Crippen molar-refractivity contribution in [3.8, 4) is 5.75 Å². The summed E-state index contributed by atoms with van der Waals surface area (Å²) in [6.45, 7) is 13.0. The van der Waals surface area contributed by atoms with Crippen LogP contribution < -0.4 is 14.4 Å². The Labute approximate surface area is 209 Å². The fourth-order valence-electron chi connectivity index (χ4n) is 4.64. The van der Waals surface area contributed by atoms with Gasteiger partial charge >= 0.3 is 10.1 Å². The normalized spacial score (nSPS) is 14.9. The molecule has 3 aromatic rings. The van der Waals surface area contributed by atoms with Gasteiger partial charge in [0.15, 0.2) is 5.82 Å². The minimum Gasteiger partial charge on any atom is -0.383 e. The molecule has 3 heterocycles. The highest BCUT2D eigenvalue weighted by molar-refractivity contribution is 7.86. The van der Waals surface area contributed by atoms with E-state index in [1.807, 2.05) is 32.2 Å². The van der Waals surface area contributed by atoms with Crippen molar-refractivity contribution in [2.45, 2.75) is 53.1 Å². The van der Waals surface area contributed by atoms with Gasteiger partial charge in [-0.1, -0.05) is 13.8 Å². The molecule has 2 aromatic heterocycles. The molecule has 0 unspecified atom stereocenters. The van der Waals surface area contributed by atoms with Gasteiger partial charge in [-0.3, -0.25) is 4.90 Å². The van der Waals surface area contributed by atoms with Crippen molar-refractivity contribution in [3.63, 3.8) is 0 Å². The van der Waals surface area contributed by atoms with E-state index >= 15 is 0 Å². The van der Waals surface area contributed by atoms with Crippen molar-refractivity contribution >= 4 is 32.5 Å². The lowest BCUT2D eigenvalue weighted by atomic mass is 10.0. The zero-order valence-electron chi connectivity index (χ0n) is 21.5. The van der Waals surface area contributed by atoms with Crippen LogP contribution in [0.5, 0.6) is 5.75 Å². The minimum absolute atomic E-state index is 0.324. The maximum Gasteiger partial charge on any atom is 0.306 e. The molecule has 1 aliphatic rings. The van der Waals surface area contributed by atoms with Crippen LogP contribution in [-0.4, -0.2) is 61.8 Å². The van der Waals surface area contributed by atoms with E-state index in [1.54, 1.807) is 12.1 Å². The lowest BCUT2D eigenvalue weighted by Crippen LogP contribution is -2.45. The number of fused-ring (bicyclic) bond motifs is 1. The van der Waals surface area contributed by atoms with Crippen LogP contribution in [0, 0.1) is 0 Å².